The van der Waals surface area contributed by atoms with Crippen molar-refractivity contribution < 1.29 is 124 Å². The maximum absolute atomic E-state index is 3.28. The smallest absolute Gasteiger partial charge is 1.00 e. The molecule has 0 saturated heterocycles. The molecule has 0 nitrogen and oxygen atoms in total. The minimum atomic E-state index is -1.45. The van der Waals surface area contributed by atoms with Gasteiger partial charge in [0.25, 0.3) is 0 Å². The monoisotopic (exact) mass is 591 g/mol. The van der Waals surface area contributed by atoms with E-state index < -0.39 is 7.47 Å². The van der Waals surface area contributed by atoms with Gasteiger partial charge in [0.2, 0.25) is 0 Å². The first-order valence-corrected chi connectivity index (χ1v) is 14.7. The van der Waals surface area contributed by atoms with E-state index in [-0.39, 0.29) is 116 Å². The second kappa shape index (κ2) is 10.3. The Hall–Kier alpha value is 6.19. The summed E-state index contributed by atoms with van der Waals surface area (Å²) >= 11 is 13.1. The van der Waals surface area contributed by atoms with Crippen LogP contribution in [0.25, 0.3) is 0 Å². The van der Waals surface area contributed by atoms with Crippen LogP contribution in [0.2, 0.25) is 0 Å². The molecule has 0 aromatic heterocycles. The fourth-order valence-electron chi connectivity index (χ4n) is 0. The van der Waals surface area contributed by atoms with Crippen molar-refractivity contribution in [3.8, 4) is 0 Å². The van der Waals surface area contributed by atoms with E-state index in [9.17, 15) is 0 Å². The Morgan fingerprint density at radius 1 is 0.714 bits per heavy atom. The maximum Gasteiger partial charge on any atom is 1.00 e. The zero-order valence-corrected chi connectivity index (χ0v) is 21.6. The van der Waals surface area contributed by atoms with Crippen LogP contribution in [-0.4, -0.2) is 0 Å². The Balaban J connectivity index is -0.0000000800. The predicted octanol–water partition coefficient (Wildman–Crippen LogP) is -2.61. The molecule has 0 saturated carbocycles. The van der Waals surface area contributed by atoms with Gasteiger partial charge in [0, 0.05) is 0 Å². The molecule has 0 aromatic carbocycles. The van der Waals surface area contributed by atoms with Gasteiger partial charge in [-0.2, -0.15) is 0 Å². The molecule has 0 aliphatic heterocycles. The summed E-state index contributed by atoms with van der Waals surface area (Å²) in [6.45, 7) is 0. The van der Waals surface area contributed by atoms with Gasteiger partial charge in [-0.15, -0.1) is 0 Å². The number of rotatable bonds is 0. The second-order valence-electron chi connectivity index (χ2n) is 0.271. The fraction of sp³-hybridized carbons (Fsp3) is 0. The molecule has 7 heavy (non-hydrogen) atoms. The van der Waals surface area contributed by atoms with Gasteiger partial charge in [-0.1, -0.05) is 0 Å². The van der Waals surface area contributed by atoms with E-state index in [1.54, 1.807) is 0 Å². The van der Waals surface area contributed by atoms with E-state index in [0.29, 0.717) is 0 Å². The van der Waals surface area contributed by atoms with E-state index in [1.807, 2.05) is 0 Å². The van der Waals surface area contributed by atoms with Crippen LogP contribution in [-0.2, 0) is 7.47 Å². The van der Waals surface area contributed by atoms with Crippen molar-refractivity contribution in [3.05, 3.63) is 0 Å². The van der Waals surface area contributed by atoms with E-state index in [0.717, 1.165) is 0 Å². The Morgan fingerprint density at radius 3 is 0.714 bits per heavy atom. The summed E-state index contributed by atoms with van der Waals surface area (Å²) in [6.07, 6.45) is 0. The van der Waals surface area contributed by atoms with E-state index in [4.69, 9.17) is 0 Å². The van der Waals surface area contributed by atoms with Crippen molar-refractivity contribution in [3.63, 3.8) is 0 Å². The van der Waals surface area contributed by atoms with Crippen molar-refractivity contribution in [2.24, 2.45) is 0 Å². The molecule has 0 amide bonds. The van der Waals surface area contributed by atoms with Crippen LogP contribution < -0.4 is 116 Å². The predicted molar refractivity (Wildman–Crippen MR) is 35.7 cm³/mol. The summed E-state index contributed by atoms with van der Waals surface area (Å²) in [7, 11) is -1.45. The van der Waals surface area contributed by atoms with Gasteiger partial charge in [0.1, 0.15) is 0 Å². The first-order valence-electron chi connectivity index (χ1n) is 0.478. The summed E-state index contributed by atoms with van der Waals surface area (Å²) < 4.78 is 0. The Labute approximate surface area is 171 Å². The van der Waals surface area contributed by atoms with Gasteiger partial charge in [-0.3, -0.25) is 0 Å². The van der Waals surface area contributed by atoms with E-state index in [1.165, 1.54) is 0 Å². The molecule has 0 N–H and O–H groups in total. The van der Waals surface area contributed by atoms with Gasteiger partial charge < -0.3 is 0 Å². The second-order valence-corrected chi connectivity index (χ2v) is 43.3. The van der Waals surface area contributed by atoms with Crippen LogP contribution in [0.5, 0.6) is 0 Å². The van der Waals surface area contributed by atoms with Crippen LogP contribution in [0.15, 0.2) is 0 Å². The maximum atomic E-state index is 3.28. The van der Waals surface area contributed by atoms with Crippen LogP contribution in [0, 0.1) is 0 Å². The summed E-state index contributed by atoms with van der Waals surface area (Å²) in [5, 5.41) is 0. The minimum Gasteiger partial charge on any atom is 1.00 e. The van der Waals surface area contributed by atoms with Crippen molar-refractivity contribution in [2.45, 2.75) is 0 Å². The van der Waals surface area contributed by atoms with E-state index >= 15 is 0 Å². The summed E-state index contributed by atoms with van der Waals surface area (Å²) in [5.41, 5.74) is 0. The molecule has 0 heterocycles. The van der Waals surface area contributed by atoms with Crippen LogP contribution in [0.3, 0.4) is 0 Å². The third kappa shape index (κ3) is 33.0. The Morgan fingerprint density at radius 2 is 0.714 bits per heavy atom. The first-order chi connectivity index (χ1) is 2.00. The molecular formula is Br4PdRb2. The van der Waals surface area contributed by atoms with Gasteiger partial charge >= 0.3 is 178 Å². The normalized spacial score (nSPS) is 10.9. The molecule has 40 valence electrons. The third-order valence-electron chi connectivity index (χ3n) is 0. The quantitative estimate of drug-likeness (QED) is 0.269. The third-order valence-corrected chi connectivity index (χ3v) is 0. The Bertz CT molecular complexity index is 25.2. The van der Waals surface area contributed by atoms with Gasteiger partial charge in [-0.25, -0.2) is 0 Å². The standard InChI is InChI=1S/4BrH.Pd.2Rb/h4*1H;;;/q;;;;+2;2*+1/p-4. The average molecular weight is 597 g/mol. The minimum absolute atomic E-state index is 0. The molecule has 7 heteroatoms. The molecule has 0 radical (unpaired) electrons. The van der Waals surface area contributed by atoms with Crippen LogP contribution in [0.1, 0.15) is 0 Å². The van der Waals surface area contributed by atoms with Crippen molar-refractivity contribution in [2.75, 3.05) is 0 Å². The fourth-order valence-corrected chi connectivity index (χ4v) is 0. The molecule has 0 spiro atoms. The molecule has 0 aliphatic rings. The Kier molecular flexibility index (Phi) is 27.7. The zero-order valence-electron chi connectivity index (χ0n) is 3.83. The average Bonchev–Trinajstić information content (AvgIpc) is 0.722. The zero-order chi connectivity index (χ0) is 4.50. The van der Waals surface area contributed by atoms with Crippen molar-refractivity contribution >= 4 is 53.7 Å². The molecule has 0 aromatic rings. The van der Waals surface area contributed by atoms with Gasteiger partial charge in [0.05, 0.1) is 0 Å². The number of hydrogen-bond acceptors (Lipinski definition) is 0. The topological polar surface area (TPSA) is 0 Å². The molecule has 0 fully saturated rings. The first kappa shape index (κ1) is 18.9. The summed E-state index contributed by atoms with van der Waals surface area (Å²) in [4.78, 5) is 0. The summed E-state index contributed by atoms with van der Waals surface area (Å²) in [6, 6.07) is 0. The van der Waals surface area contributed by atoms with E-state index in [2.05, 4.69) is 53.7 Å². The number of halogens is 4. The summed E-state index contributed by atoms with van der Waals surface area (Å²) in [5.74, 6) is 0. The SMILES string of the molecule is [Br][Pd-2]([Br])([Br])[Br].[Rb+].[Rb+]. The molecule has 0 rings (SSSR count). The molecule has 0 bridgehead atoms. The number of hydrogen-bond donors (Lipinski definition) is 0. The molecular weight excluding hydrogens is 597 g/mol. The van der Waals surface area contributed by atoms with Gasteiger partial charge in [-0.05, 0) is 0 Å². The van der Waals surface area contributed by atoms with Gasteiger partial charge in [0.15, 0.2) is 0 Å². The van der Waals surface area contributed by atoms with Crippen LogP contribution in [0.4, 0.5) is 0 Å². The molecule has 0 aliphatic carbocycles. The largest absolute Gasteiger partial charge is 1.00 e. The molecule has 0 atom stereocenters. The van der Waals surface area contributed by atoms with Crippen LogP contribution >= 0.6 is 53.7 Å². The van der Waals surface area contributed by atoms with Crippen molar-refractivity contribution in [1.29, 1.82) is 0 Å². The van der Waals surface area contributed by atoms with Crippen molar-refractivity contribution in [1.82, 2.24) is 0 Å². The molecule has 0 unspecified atom stereocenters.